The van der Waals surface area contributed by atoms with E-state index in [9.17, 15) is 4.79 Å². The summed E-state index contributed by atoms with van der Waals surface area (Å²) in [6.07, 6.45) is 1.63. The number of rotatable bonds is 8. The van der Waals surface area contributed by atoms with Gasteiger partial charge in [-0.2, -0.15) is 0 Å². The molecule has 2 heterocycles. The fourth-order valence-corrected chi connectivity index (χ4v) is 3.70. The molecule has 0 fully saturated rings. The van der Waals surface area contributed by atoms with Gasteiger partial charge in [-0.3, -0.25) is 4.79 Å². The molecule has 0 aliphatic carbocycles. The number of likely N-dealkylation sites (N-methyl/N-ethyl adjacent to an activating group) is 1. The molecule has 0 radical (unpaired) electrons. The third-order valence-electron chi connectivity index (χ3n) is 4.57. The minimum atomic E-state index is -0.0307. The van der Waals surface area contributed by atoms with Gasteiger partial charge in [-0.05, 0) is 32.6 Å². The first kappa shape index (κ1) is 20.2. The smallest absolute Gasteiger partial charge is 0.230 e. The Hall–Kier alpha value is -2.58. The number of nitrogens with zero attached hydrogens (tertiary/aromatic N) is 4. The van der Waals surface area contributed by atoms with Gasteiger partial charge in [0.05, 0.1) is 23.6 Å². The Morgan fingerprint density at radius 2 is 2.00 bits per heavy atom. The molecule has 0 saturated carbocycles. The largest absolute Gasteiger partial charge is 0.469 e. The Bertz CT molecular complexity index is 920. The third kappa shape index (κ3) is 4.63. The van der Waals surface area contributed by atoms with Gasteiger partial charge in [0, 0.05) is 13.6 Å². The summed E-state index contributed by atoms with van der Waals surface area (Å²) in [4.78, 5) is 14.5. The molecule has 0 aliphatic heterocycles. The maximum absolute atomic E-state index is 12.4. The van der Waals surface area contributed by atoms with Crippen molar-refractivity contribution in [2.24, 2.45) is 7.05 Å². The van der Waals surface area contributed by atoms with Gasteiger partial charge in [0.15, 0.2) is 11.0 Å². The van der Waals surface area contributed by atoms with E-state index in [4.69, 9.17) is 4.42 Å². The van der Waals surface area contributed by atoms with Gasteiger partial charge in [-0.15, -0.1) is 10.2 Å². The lowest BCUT2D eigenvalue weighted by atomic mass is 10.1. The summed E-state index contributed by atoms with van der Waals surface area (Å²) in [5.41, 5.74) is 2.08. The molecule has 2 aromatic heterocycles. The third-order valence-corrected chi connectivity index (χ3v) is 5.59. The Balaban J connectivity index is 1.56. The van der Waals surface area contributed by atoms with Crippen molar-refractivity contribution in [3.05, 3.63) is 54.0 Å². The molecule has 1 aromatic carbocycles. The maximum atomic E-state index is 12.4. The average molecular weight is 400 g/mol. The lowest BCUT2D eigenvalue weighted by Gasteiger charge is -2.25. The summed E-state index contributed by atoms with van der Waals surface area (Å²) < 4.78 is 7.21. The maximum Gasteiger partial charge on any atom is 0.230 e. The molecular formula is C20H25N5O2S. The van der Waals surface area contributed by atoms with Crippen LogP contribution < -0.4 is 5.32 Å². The van der Waals surface area contributed by atoms with Crippen LogP contribution in [0.25, 0.3) is 11.4 Å². The van der Waals surface area contributed by atoms with Gasteiger partial charge in [0.25, 0.3) is 0 Å². The summed E-state index contributed by atoms with van der Waals surface area (Å²) in [7, 11) is 5.91. The molecule has 28 heavy (non-hydrogen) atoms. The molecule has 0 aliphatic rings. The van der Waals surface area contributed by atoms with Crippen molar-refractivity contribution in [1.29, 1.82) is 0 Å². The van der Waals surface area contributed by atoms with Crippen LogP contribution >= 0.6 is 11.8 Å². The fraction of sp³-hybridized carbons (Fsp3) is 0.350. The van der Waals surface area contributed by atoms with Gasteiger partial charge in [0.1, 0.15) is 5.76 Å². The highest BCUT2D eigenvalue weighted by atomic mass is 32.2. The van der Waals surface area contributed by atoms with Gasteiger partial charge in [0.2, 0.25) is 5.91 Å². The molecule has 0 spiro atoms. The highest BCUT2D eigenvalue weighted by Crippen LogP contribution is 2.25. The molecule has 7 nitrogen and oxygen atoms in total. The number of carbonyl (C=O) groups excluding carboxylic acids is 1. The molecule has 148 valence electrons. The van der Waals surface area contributed by atoms with E-state index in [1.807, 2.05) is 56.9 Å². The zero-order chi connectivity index (χ0) is 20.1. The van der Waals surface area contributed by atoms with E-state index in [-0.39, 0.29) is 17.7 Å². The summed E-state index contributed by atoms with van der Waals surface area (Å²) in [5.74, 6) is 1.77. The van der Waals surface area contributed by atoms with Gasteiger partial charge in [-0.1, -0.05) is 42.1 Å². The molecule has 1 atom stereocenters. The van der Waals surface area contributed by atoms with Crippen LogP contribution in [0, 0.1) is 6.92 Å². The van der Waals surface area contributed by atoms with Crippen molar-refractivity contribution in [3.8, 4) is 11.4 Å². The lowest BCUT2D eigenvalue weighted by Crippen LogP contribution is -2.35. The number of amides is 1. The topological polar surface area (TPSA) is 76.2 Å². The SMILES string of the molecule is Cc1occc1-c1nnc(SCC(=O)NC[C@@H](c2ccccc2)N(C)C)n1C. The van der Waals surface area contributed by atoms with Crippen LogP contribution in [0.15, 0.2) is 52.2 Å². The van der Waals surface area contributed by atoms with E-state index in [0.29, 0.717) is 11.7 Å². The van der Waals surface area contributed by atoms with Crippen molar-refractivity contribution in [3.63, 3.8) is 0 Å². The molecule has 0 bridgehead atoms. The van der Waals surface area contributed by atoms with E-state index in [1.54, 1.807) is 6.26 Å². The second-order valence-corrected chi connectivity index (χ2v) is 7.68. The van der Waals surface area contributed by atoms with Gasteiger partial charge < -0.3 is 19.2 Å². The second-order valence-electron chi connectivity index (χ2n) is 6.74. The first-order chi connectivity index (χ1) is 13.5. The lowest BCUT2D eigenvalue weighted by molar-refractivity contribution is -0.118. The molecule has 8 heteroatoms. The number of nitrogens with one attached hydrogen (secondary N) is 1. The van der Waals surface area contributed by atoms with Crippen molar-refractivity contribution in [2.75, 3.05) is 26.4 Å². The predicted molar refractivity (Wildman–Crippen MR) is 110 cm³/mol. The average Bonchev–Trinajstić information content (AvgIpc) is 3.26. The Morgan fingerprint density at radius 3 is 2.64 bits per heavy atom. The van der Waals surface area contributed by atoms with Crippen LogP contribution in [0.4, 0.5) is 0 Å². The van der Waals surface area contributed by atoms with E-state index in [1.165, 1.54) is 17.3 Å². The quantitative estimate of drug-likeness (QED) is 0.587. The molecule has 1 N–H and O–H groups in total. The Labute approximate surface area is 169 Å². The van der Waals surface area contributed by atoms with E-state index < -0.39 is 0 Å². The predicted octanol–water partition coefficient (Wildman–Crippen LogP) is 2.89. The second kappa shape index (κ2) is 9.07. The highest BCUT2D eigenvalue weighted by Gasteiger charge is 2.17. The highest BCUT2D eigenvalue weighted by molar-refractivity contribution is 7.99. The number of furan rings is 1. The number of benzene rings is 1. The Morgan fingerprint density at radius 1 is 1.25 bits per heavy atom. The zero-order valence-electron chi connectivity index (χ0n) is 16.5. The normalized spacial score (nSPS) is 12.3. The standard InChI is InChI=1S/C20H25N5O2S/c1-14-16(10-11-27-14)19-22-23-20(25(19)4)28-13-18(26)21-12-17(24(2)3)15-8-6-5-7-9-15/h5-11,17H,12-13H2,1-4H3,(H,21,26)/t17-/m0/s1. The summed E-state index contributed by atoms with van der Waals surface area (Å²) >= 11 is 1.37. The molecule has 0 saturated heterocycles. The van der Waals surface area contributed by atoms with Crippen molar-refractivity contribution in [2.45, 2.75) is 18.1 Å². The number of thioether (sulfide) groups is 1. The van der Waals surface area contributed by atoms with Crippen molar-refractivity contribution in [1.82, 2.24) is 25.0 Å². The van der Waals surface area contributed by atoms with Crippen molar-refractivity contribution >= 4 is 17.7 Å². The first-order valence-electron chi connectivity index (χ1n) is 9.02. The molecular weight excluding hydrogens is 374 g/mol. The number of hydrogen-bond acceptors (Lipinski definition) is 6. The van der Waals surface area contributed by atoms with Crippen molar-refractivity contribution < 1.29 is 9.21 Å². The molecule has 3 rings (SSSR count). The van der Waals surface area contributed by atoms with Crippen LogP contribution in [0.2, 0.25) is 0 Å². The number of aryl methyl sites for hydroxylation is 1. The fourth-order valence-electron chi connectivity index (χ4n) is 2.96. The number of carbonyl (C=O) groups is 1. The summed E-state index contributed by atoms with van der Waals surface area (Å²) in [6.45, 7) is 2.44. The molecule has 3 aromatic rings. The zero-order valence-corrected chi connectivity index (χ0v) is 17.4. The summed E-state index contributed by atoms with van der Waals surface area (Å²) in [5, 5.41) is 12.1. The molecule has 0 unspecified atom stereocenters. The van der Waals surface area contributed by atoms with E-state index in [0.717, 1.165) is 17.1 Å². The van der Waals surface area contributed by atoms with Crippen LogP contribution in [-0.4, -0.2) is 52.0 Å². The minimum absolute atomic E-state index is 0.0307. The van der Waals surface area contributed by atoms with E-state index in [2.05, 4.69) is 32.5 Å². The Kier molecular flexibility index (Phi) is 6.53. The van der Waals surface area contributed by atoms with Crippen LogP contribution in [0.1, 0.15) is 17.4 Å². The van der Waals surface area contributed by atoms with E-state index >= 15 is 0 Å². The summed E-state index contributed by atoms with van der Waals surface area (Å²) in [6, 6.07) is 12.2. The van der Waals surface area contributed by atoms with Crippen LogP contribution in [0.5, 0.6) is 0 Å². The monoisotopic (exact) mass is 399 g/mol. The molecule has 1 amide bonds. The number of aromatic nitrogens is 3. The number of hydrogen-bond donors (Lipinski definition) is 1. The van der Waals surface area contributed by atoms with Crippen LogP contribution in [-0.2, 0) is 11.8 Å². The van der Waals surface area contributed by atoms with Gasteiger partial charge in [-0.25, -0.2) is 0 Å². The van der Waals surface area contributed by atoms with Gasteiger partial charge >= 0.3 is 0 Å². The first-order valence-corrected chi connectivity index (χ1v) is 10.0. The minimum Gasteiger partial charge on any atom is -0.469 e. The van der Waals surface area contributed by atoms with Crippen LogP contribution in [0.3, 0.4) is 0 Å².